The number of fused-ring (bicyclic) bond motifs is 1. The quantitative estimate of drug-likeness (QED) is 0.282. The molecule has 0 aliphatic heterocycles. The number of nitrogens with one attached hydrogen (secondary N) is 1. The Balaban J connectivity index is 1.20. The van der Waals surface area contributed by atoms with Gasteiger partial charge in [-0.2, -0.15) is 4.52 Å². The highest BCUT2D eigenvalue weighted by atomic mass is 35.5. The van der Waals surface area contributed by atoms with Gasteiger partial charge in [0, 0.05) is 18.2 Å². The third kappa shape index (κ3) is 5.30. The number of benzene rings is 3. The van der Waals surface area contributed by atoms with Crippen LogP contribution in [0.25, 0.3) is 17.0 Å². The molecule has 0 spiro atoms. The van der Waals surface area contributed by atoms with Gasteiger partial charge >= 0.3 is 0 Å². The van der Waals surface area contributed by atoms with Crippen molar-refractivity contribution in [3.8, 4) is 28.8 Å². The van der Waals surface area contributed by atoms with Gasteiger partial charge in [-0.15, -0.1) is 15.3 Å². The van der Waals surface area contributed by atoms with Crippen molar-refractivity contribution in [3.63, 3.8) is 0 Å². The number of aromatic nitrogens is 4. The SMILES string of the molecule is O=S(=O)(NCCOc1ccc2nnc(-c3ccccc3Cl)n2n1)c1ccc(Oc2ccccc2)cc1. The lowest BCUT2D eigenvalue weighted by Crippen LogP contribution is -2.28. The lowest BCUT2D eigenvalue weighted by molar-refractivity contribution is 0.306. The maximum atomic E-state index is 12.6. The van der Waals surface area contributed by atoms with E-state index in [2.05, 4.69) is 20.0 Å². The summed E-state index contributed by atoms with van der Waals surface area (Å²) < 4.78 is 40.7. The van der Waals surface area contributed by atoms with Crippen molar-refractivity contribution in [3.05, 3.63) is 96.0 Å². The summed E-state index contributed by atoms with van der Waals surface area (Å²) in [4.78, 5) is 0.122. The topological polar surface area (TPSA) is 108 Å². The number of hydrogen-bond acceptors (Lipinski definition) is 7. The molecule has 11 heteroatoms. The summed E-state index contributed by atoms with van der Waals surface area (Å²) in [7, 11) is -3.72. The molecule has 36 heavy (non-hydrogen) atoms. The molecule has 5 rings (SSSR count). The Morgan fingerprint density at radius 1 is 0.833 bits per heavy atom. The Morgan fingerprint density at radius 2 is 1.56 bits per heavy atom. The highest BCUT2D eigenvalue weighted by molar-refractivity contribution is 7.89. The first-order valence-corrected chi connectivity index (χ1v) is 12.8. The number of para-hydroxylation sites is 1. The Bertz CT molecular complexity index is 1590. The van der Waals surface area contributed by atoms with Gasteiger partial charge in [0.2, 0.25) is 15.9 Å². The Morgan fingerprint density at radius 3 is 2.33 bits per heavy atom. The maximum absolute atomic E-state index is 12.6. The van der Waals surface area contributed by atoms with Crippen LogP contribution >= 0.6 is 11.6 Å². The zero-order valence-electron chi connectivity index (χ0n) is 18.8. The molecule has 0 unspecified atom stereocenters. The molecule has 182 valence electrons. The smallest absolute Gasteiger partial charge is 0.240 e. The first-order chi connectivity index (χ1) is 17.5. The van der Waals surface area contributed by atoms with Crippen LogP contribution in [0.1, 0.15) is 0 Å². The zero-order chi connectivity index (χ0) is 25.0. The molecule has 5 aromatic rings. The van der Waals surface area contributed by atoms with Gasteiger partial charge in [0.05, 0.1) is 9.92 Å². The molecule has 0 saturated carbocycles. The summed E-state index contributed by atoms with van der Waals surface area (Å²) in [6.07, 6.45) is 0. The van der Waals surface area contributed by atoms with Crippen LogP contribution in [0, 0.1) is 0 Å². The molecular formula is C25H20ClN5O4S. The molecule has 0 saturated heterocycles. The average Bonchev–Trinajstić information content (AvgIpc) is 3.31. The van der Waals surface area contributed by atoms with Crippen LogP contribution in [0.15, 0.2) is 95.9 Å². The highest BCUT2D eigenvalue weighted by Gasteiger charge is 2.15. The van der Waals surface area contributed by atoms with Crippen LogP contribution in [0.3, 0.4) is 0 Å². The summed E-state index contributed by atoms with van der Waals surface area (Å²) in [5.74, 6) is 1.97. The molecule has 9 nitrogen and oxygen atoms in total. The van der Waals surface area contributed by atoms with Crippen molar-refractivity contribution in [1.29, 1.82) is 0 Å². The summed E-state index contributed by atoms with van der Waals surface area (Å²) in [5, 5.41) is 13.2. The van der Waals surface area contributed by atoms with Crippen LogP contribution in [0.2, 0.25) is 5.02 Å². The van der Waals surface area contributed by atoms with E-state index in [9.17, 15) is 8.42 Å². The fourth-order valence-corrected chi connectivity index (χ4v) is 4.62. The van der Waals surface area contributed by atoms with Crippen LogP contribution in [-0.4, -0.2) is 41.4 Å². The molecule has 1 N–H and O–H groups in total. The van der Waals surface area contributed by atoms with E-state index in [4.69, 9.17) is 21.1 Å². The number of sulfonamides is 1. The Labute approximate surface area is 212 Å². The van der Waals surface area contributed by atoms with E-state index >= 15 is 0 Å². The lowest BCUT2D eigenvalue weighted by Gasteiger charge is -2.10. The summed E-state index contributed by atoms with van der Waals surface area (Å²) in [5.41, 5.74) is 1.21. The van der Waals surface area contributed by atoms with Crippen molar-refractivity contribution < 1.29 is 17.9 Å². The van der Waals surface area contributed by atoms with Gasteiger partial charge in [-0.1, -0.05) is 41.9 Å². The second-order valence-corrected chi connectivity index (χ2v) is 9.75. The Kier molecular flexibility index (Phi) is 6.81. The first kappa shape index (κ1) is 23.7. The van der Waals surface area contributed by atoms with Gasteiger partial charge in [-0.05, 0) is 54.6 Å². The van der Waals surface area contributed by atoms with Gasteiger partial charge in [0.25, 0.3) is 0 Å². The number of rotatable bonds is 9. The monoisotopic (exact) mass is 521 g/mol. The fraction of sp³-hybridized carbons (Fsp3) is 0.0800. The standard InChI is InChI=1S/C25H20ClN5O4S/c26-22-9-5-4-8-21(22)25-29-28-23-14-15-24(30-31(23)25)34-17-16-27-36(32,33)20-12-10-19(11-13-20)35-18-6-2-1-3-7-18/h1-15,27H,16-17H2. The molecule has 2 aromatic heterocycles. The second kappa shape index (κ2) is 10.3. The third-order valence-electron chi connectivity index (χ3n) is 5.11. The minimum absolute atomic E-state index is 0.0455. The summed E-state index contributed by atoms with van der Waals surface area (Å²) >= 11 is 6.28. The second-order valence-electron chi connectivity index (χ2n) is 7.58. The minimum Gasteiger partial charge on any atom is -0.475 e. The van der Waals surface area contributed by atoms with Crippen LogP contribution < -0.4 is 14.2 Å². The van der Waals surface area contributed by atoms with Crippen LogP contribution in [-0.2, 0) is 10.0 Å². The highest BCUT2D eigenvalue weighted by Crippen LogP contribution is 2.26. The molecule has 0 fully saturated rings. The van der Waals surface area contributed by atoms with Crippen molar-refractivity contribution in [1.82, 2.24) is 24.5 Å². The van der Waals surface area contributed by atoms with E-state index < -0.39 is 10.0 Å². The molecular weight excluding hydrogens is 502 g/mol. The Hall–Kier alpha value is -3.99. The molecule has 0 aliphatic rings. The largest absolute Gasteiger partial charge is 0.475 e. The van der Waals surface area contributed by atoms with Gasteiger partial charge in [0.1, 0.15) is 18.1 Å². The van der Waals surface area contributed by atoms with E-state index in [-0.39, 0.29) is 23.9 Å². The predicted octanol–water partition coefficient (Wildman–Crippen LogP) is 4.59. The summed E-state index contributed by atoms with van der Waals surface area (Å²) in [6.45, 7) is 0.111. The number of hydrogen-bond donors (Lipinski definition) is 1. The molecule has 3 aromatic carbocycles. The normalized spacial score (nSPS) is 11.5. The van der Waals surface area contributed by atoms with Crippen molar-refractivity contribution in [2.24, 2.45) is 0 Å². The van der Waals surface area contributed by atoms with E-state index in [0.717, 1.165) is 0 Å². The van der Waals surface area contributed by atoms with Gasteiger partial charge in [-0.3, -0.25) is 0 Å². The van der Waals surface area contributed by atoms with Crippen LogP contribution in [0.4, 0.5) is 0 Å². The average molecular weight is 522 g/mol. The molecule has 0 amide bonds. The first-order valence-electron chi connectivity index (χ1n) is 10.9. The minimum atomic E-state index is -3.72. The fourth-order valence-electron chi connectivity index (χ4n) is 3.39. The van der Waals surface area contributed by atoms with E-state index in [1.807, 2.05) is 48.5 Å². The van der Waals surface area contributed by atoms with Crippen molar-refractivity contribution in [2.75, 3.05) is 13.2 Å². The van der Waals surface area contributed by atoms with Crippen molar-refractivity contribution >= 4 is 27.3 Å². The molecule has 0 radical (unpaired) electrons. The third-order valence-corrected chi connectivity index (χ3v) is 6.92. The number of nitrogens with zero attached hydrogens (tertiary/aromatic N) is 4. The maximum Gasteiger partial charge on any atom is 0.240 e. The zero-order valence-corrected chi connectivity index (χ0v) is 20.4. The molecule has 0 bridgehead atoms. The molecule has 0 aliphatic carbocycles. The van der Waals surface area contributed by atoms with Crippen molar-refractivity contribution in [2.45, 2.75) is 4.90 Å². The number of halogens is 1. The molecule has 2 heterocycles. The molecule has 0 atom stereocenters. The van der Waals surface area contributed by atoms with Gasteiger partial charge in [-0.25, -0.2) is 13.1 Å². The number of ether oxygens (including phenoxy) is 2. The lowest BCUT2D eigenvalue weighted by atomic mass is 10.2. The van der Waals surface area contributed by atoms with Gasteiger partial charge < -0.3 is 9.47 Å². The predicted molar refractivity (Wildman–Crippen MR) is 135 cm³/mol. The van der Waals surface area contributed by atoms with E-state index in [1.165, 1.54) is 16.6 Å². The summed E-state index contributed by atoms with van der Waals surface area (Å²) in [6, 6.07) is 26.0. The van der Waals surface area contributed by atoms with E-state index in [0.29, 0.717) is 33.6 Å². The van der Waals surface area contributed by atoms with Crippen LogP contribution in [0.5, 0.6) is 17.4 Å². The van der Waals surface area contributed by atoms with Gasteiger partial charge in [0.15, 0.2) is 11.5 Å². The van der Waals surface area contributed by atoms with E-state index in [1.54, 1.807) is 30.3 Å².